The summed E-state index contributed by atoms with van der Waals surface area (Å²) >= 11 is 0. The number of hydrogen-bond donors (Lipinski definition) is 6. The molecule has 9 atom stereocenters. The Bertz CT molecular complexity index is 2780. The first-order valence-corrected chi connectivity index (χ1v) is 22.3. The number of phenols is 1. The molecular formula is C49H62N4O12. The van der Waals surface area contributed by atoms with Gasteiger partial charge in [0.1, 0.15) is 22.7 Å². The lowest BCUT2D eigenvalue weighted by molar-refractivity contribution is -0.112. The molecule has 0 saturated carbocycles. The van der Waals surface area contributed by atoms with Gasteiger partial charge in [0.25, 0.3) is 5.91 Å². The van der Waals surface area contributed by atoms with Crippen molar-refractivity contribution in [2.45, 2.75) is 92.5 Å². The number of hydrogen-bond acceptors (Lipinski definition) is 15. The number of aromatic hydroxyl groups is 1. The first kappa shape index (κ1) is 47.4. The summed E-state index contributed by atoms with van der Waals surface area (Å²) in [6.45, 7) is 19.5. The third-order valence-electron chi connectivity index (χ3n) is 13.5. The predicted octanol–water partition coefficient (Wildman–Crippen LogP) is 4.77. The second kappa shape index (κ2) is 18.4. The van der Waals surface area contributed by atoms with Crippen LogP contribution in [0.4, 0.5) is 11.4 Å². The largest absolute Gasteiger partial charge is 0.507 e. The SMILES string of the molecule is CO[C@H]1/C=C\O[C@@]2(C)Oc3c(C)c(O)c4c(=O)c(c5oc6cc(N7CCN(CC(C)C)CC7)cc(=O)c6nc5c4c3=C2O)NC(=O)/C(C)=C/C=C/[C@H](C)[C@H](O)[C@@H](C)[C@@H](O)[C@@H](C)[C@H](O)[C@@H]1C. The van der Waals surface area contributed by atoms with Crippen molar-refractivity contribution in [2.24, 2.45) is 29.6 Å². The van der Waals surface area contributed by atoms with Gasteiger partial charge in [0.05, 0.1) is 41.3 Å². The van der Waals surface area contributed by atoms with Gasteiger partial charge < -0.3 is 54.4 Å². The summed E-state index contributed by atoms with van der Waals surface area (Å²) in [5.74, 6) is -5.68. The topological polar surface area (TPSA) is 225 Å². The molecule has 7 rings (SSSR count). The van der Waals surface area contributed by atoms with Crippen molar-refractivity contribution < 1.29 is 49.0 Å². The zero-order chi connectivity index (χ0) is 47.4. The average molecular weight is 899 g/mol. The van der Waals surface area contributed by atoms with Crippen LogP contribution in [0.1, 0.15) is 61.0 Å². The number of aliphatic hydroxyl groups is 4. The summed E-state index contributed by atoms with van der Waals surface area (Å²) in [4.78, 5) is 52.1. The number of amides is 1. The minimum Gasteiger partial charge on any atom is -0.507 e. The number of rotatable bonds is 4. The molecule has 0 unspecified atom stereocenters. The third kappa shape index (κ3) is 8.69. The van der Waals surface area contributed by atoms with Crippen LogP contribution in [0.2, 0.25) is 0 Å². The van der Waals surface area contributed by atoms with Crippen molar-refractivity contribution in [2.75, 3.05) is 50.1 Å². The van der Waals surface area contributed by atoms with E-state index in [2.05, 4.69) is 29.0 Å². The number of aliphatic hydroxyl groups excluding tert-OH is 4. The van der Waals surface area contributed by atoms with E-state index in [0.717, 1.165) is 19.6 Å². The van der Waals surface area contributed by atoms with Crippen LogP contribution in [0, 0.1) is 36.5 Å². The third-order valence-corrected chi connectivity index (χ3v) is 13.5. The summed E-state index contributed by atoms with van der Waals surface area (Å²) in [6, 6.07) is 3.17. The van der Waals surface area contributed by atoms with Gasteiger partial charge in [-0.1, -0.05) is 59.8 Å². The number of aromatic nitrogens is 1. The number of anilines is 2. The summed E-state index contributed by atoms with van der Waals surface area (Å²) in [6.07, 6.45) is 3.50. The number of allylic oxidation sites excluding steroid dienone is 2. The fraction of sp³-hybridized carbons (Fsp3) is 0.510. The van der Waals surface area contributed by atoms with E-state index in [0.29, 0.717) is 24.7 Å². The van der Waals surface area contributed by atoms with Gasteiger partial charge >= 0.3 is 5.79 Å². The fourth-order valence-electron chi connectivity index (χ4n) is 9.37. The molecule has 0 radical (unpaired) electrons. The average Bonchev–Trinajstić information content (AvgIpc) is 3.54. The molecular weight excluding hydrogens is 837 g/mol. The molecule has 3 aromatic carbocycles. The summed E-state index contributed by atoms with van der Waals surface area (Å²) in [7, 11) is 1.45. The molecule has 0 aliphatic carbocycles. The molecule has 1 fully saturated rings. The molecule has 4 heterocycles. The van der Waals surface area contributed by atoms with E-state index in [-0.39, 0.29) is 60.8 Å². The number of benzene rings is 3. The van der Waals surface area contributed by atoms with Crippen molar-refractivity contribution in [1.82, 2.24) is 9.88 Å². The highest BCUT2D eigenvalue weighted by Crippen LogP contribution is 2.42. The van der Waals surface area contributed by atoms with Crippen LogP contribution in [-0.2, 0) is 14.3 Å². The maximum atomic E-state index is 14.8. The van der Waals surface area contributed by atoms with Crippen LogP contribution in [0.15, 0.2) is 62.3 Å². The second-order valence-electron chi connectivity index (χ2n) is 18.6. The van der Waals surface area contributed by atoms with Crippen LogP contribution in [0.5, 0.6) is 11.5 Å². The van der Waals surface area contributed by atoms with E-state index in [9.17, 15) is 39.9 Å². The van der Waals surface area contributed by atoms with Crippen LogP contribution >= 0.6 is 0 Å². The molecule has 1 aromatic heterocycles. The second-order valence-corrected chi connectivity index (χ2v) is 18.6. The van der Waals surface area contributed by atoms with Crippen LogP contribution in [0.3, 0.4) is 0 Å². The van der Waals surface area contributed by atoms with Gasteiger partial charge in [-0.2, -0.15) is 0 Å². The van der Waals surface area contributed by atoms with Gasteiger partial charge in [0.15, 0.2) is 22.4 Å². The van der Waals surface area contributed by atoms with Gasteiger partial charge in [0.2, 0.25) is 10.9 Å². The highest BCUT2D eigenvalue weighted by Gasteiger charge is 2.44. The highest BCUT2D eigenvalue weighted by molar-refractivity contribution is 6.16. The molecule has 3 aliphatic heterocycles. The zero-order valence-corrected chi connectivity index (χ0v) is 38.7. The molecule has 350 valence electrons. The highest BCUT2D eigenvalue weighted by atomic mass is 16.7. The van der Waals surface area contributed by atoms with Crippen molar-refractivity contribution in [3.05, 3.63) is 79.5 Å². The van der Waals surface area contributed by atoms with E-state index in [1.165, 1.54) is 52.4 Å². The van der Waals surface area contributed by atoms with E-state index >= 15 is 0 Å². The maximum absolute atomic E-state index is 14.8. The number of phenolic OH excluding ortho intramolecular Hbond substituents is 1. The lowest BCUT2D eigenvalue weighted by Gasteiger charge is -2.36. The number of carbonyl (C=O) groups is 1. The molecule has 6 N–H and O–H groups in total. The Hall–Kier alpha value is -5.52. The number of piperazine rings is 1. The number of fused-ring (bicyclic) bond motifs is 2. The molecule has 1 saturated heterocycles. The molecule has 16 nitrogen and oxygen atoms in total. The maximum Gasteiger partial charge on any atom is 0.307 e. The fourth-order valence-corrected chi connectivity index (χ4v) is 9.37. The molecule has 3 aliphatic rings. The van der Waals surface area contributed by atoms with Crippen LogP contribution < -0.4 is 31.0 Å². The Kier molecular flexibility index (Phi) is 13.4. The normalized spacial score (nSPS) is 30.4. The first-order chi connectivity index (χ1) is 30.7. The quantitative estimate of drug-likeness (QED) is 0.120. The van der Waals surface area contributed by atoms with Crippen LogP contribution in [0.25, 0.3) is 38.7 Å². The van der Waals surface area contributed by atoms with Crippen molar-refractivity contribution in [3.8, 4) is 11.5 Å². The van der Waals surface area contributed by atoms with Crippen molar-refractivity contribution in [1.29, 1.82) is 0 Å². The van der Waals surface area contributed by atoms with Crippen molar-refractivity contribution in [3.63, 3.8) is 0 Å². The molecule has 0 spiro atoms. The Balaban J connectivity index is 1.46. The Labute approximate surface area is 377 Å². The first-order valence-electron chi connectivity index (χ1n) is 22.3. The minimum absolute atomic E-state index is 0.0337. The number of methoxy groups -OCH3 is 1. The summed E-state index contributed by atoms with van der Waals surface area (Å²) in [5, 5.41) is 60.2. The van der Waals surface area contributed by atoms with E-state index in [1.54, 1.807) is 45.9 Å². The van der Waals surface area contributed by atoms with Gasteiger partial charge in [-0.25, -0.2) is 4.98 Å². The summed E-state index contributed by atoms with van der Waals surface area (Å²) < 4.78 is 24.5. The van der Waals surface area contributed by atoms with E-state index in [4.69, 9.17) is 23.6 Å². The monoisotopic (exact) mass is 898 g/mol. The molecule has 16 heteroatoms. The number of carbonyl (C=O) groups excluding carboxylic acids is 1. The molecule has 65 heavy (non-hydrogen) atoms. The van der Waals surface area contributed by atoms with Gasteiger partial charge in [-0.3, -0.25) is 19.3 Å². The van der Waals surface area contributed by atoms with Crippen LogP contribution in [-0.4, -0.2) is 111 Å². The molecule has 4 aromatic rings. The van der Waals surface area contributed by atoms with E-state index in [1.807, 2.05) is 0 Å². The van der Waals surface area contributed by atoms with Gasteiger partial charge in [-0.05, 0) is 25.8 Å². The Morgan fingerprint density at radius 3 is 2.23 bits per heavy atom. The van der Waals surface area contributed by atoms with E-state index < -0.39 is 82.1 Å². The molecule has 1 amide bonds. The van der Waals surface area contributed by atoms with Crippen molar-refractivity contribution >= 4 is 56.0 Å². The zero-order valence-electron chi connectivity index (χ0n) is 38.7. The molecule has 4 bridgehead atoms. The minimum atomic E-state index is -1.95. The lowest BCUT2D eigenvalue weighted by atomic mass is 9.78. The predicted molar refractivity (Wildman–Crippen MR) is 249 cm³/mol. The standard InChI is InChI=1S/C49H62N4O12/c1-23(2)22-52-15-17-53(18-16-52)30-20-31(54)37-33(21-30)64-46-38(50-37)34-35-43(58)29(8)45-36(34)47(60)49(9,65-45)63-19-14-32(62-10)26(5)41(56)28(7)42(57)27(6)40(55)24(3)12-11-13-25(4)48(61)51-39(46)44(35)59/h11-14,19-21,23-24,26-28,32,40-42,55-58,60H,15-18,22H2,1-10H3,(H,51,61)/b12-11+,19-14-,25-13+/t24-,26+,27+,28-,32-,40-,41+,42+,49-/m0/s1. The number of ether oxygens (including phenoxy) is 3. The number of nitrogens with zero attached hydrogens (tertiary/aromatic N) is 3. The Morgan fingerprint density at radius 2 is 1.57 bits per heavy atom. The number of nitrogens with one attached hydrogen (secondary N) is 1. The lowest BCUT2D eigenvalue weighted by Crippen LogP contribution is -2.47. The summed E-state index contributed by atoms with van der Waals surface area (Å²) in [5.41, 5.74) is -1.25. The smallest absolute Gasteiger partial charge is 0.307 e. The Morgan fingerprint density at radius 1 is 0.908 bits per heavy atom. The van der Waals surface area contributed by atoms with Gasteiger partial charge in [-0.15, -0.1) is 0 Å². The van der Waals surface area contributed by atoms with Gasteiger partial charge in [0, 0.05) is 105 Å².